The Morgan fingerprint density at radius 2 is 2.07 bits per heavy atom. The summed E-state index contributed by atoms with van der Waals surface area (Å²) in [6.45, 7) is 2.55. The first-order valence-corrected chi connectivity index (χ1v) is 11.1. The lowest BCUT2D eigenvalue weighted by Gasteiger charge is -2.30. The fourth-order valence-corrected chi connectivity index (χ4v) is 4.06. The highest BCUT2D eigenvalue weighted by Crippen LogP contribution is 2.30. The van der Waals surface area contributed by atoms with E-state index in [9.17, 15) is 18.3 Å². The molecule has 2 heterocycles. The van der Waals surface area contributed by atoms with Crippen LogP contribution in [-0.2, 0) is 26.0 Å². The first-order valence-electron chi connectivity index (χ1n) is 9.23. The highest BCUT2D eigenvalue weighted by Gasteiger charge is 2.30. The third-order valence-corrected chi connectivity index (χ3v) is 5.95. The maximum Gasteiger partial charge on any atom is 0.323 e. The molecule has 2 unspecified atom stereocenters. The van der Waals surface area contributed by atoms with Gasteiger partial charge in [0.05, 0.1) is 35.5 Å². The van der Waals surface area contributed by atoms with Crippen molar-refractivity contribution in [3.8, 4) is 11.3 Å². The number of sulfone groups is 1. The minimum absolute atomic E-state index is 0.0412. The summed E-state index contributed by atoms with van der Waals surface area (Å²) in [6, 6.07) is 7.93. The number of ether oxygens (including phenoxy) is 1. The number of hydrogen-bond donors (Lipinski definition) is 2. The standard InChI is InChI=1S/C19H25N3O5S/c1-3-27-19(24)17-11-15(8-9-20-17)22-18(10-14(12-23)21-22)13-4-6-16(7-5-13)28(2,25)26/h4-7,10,15,17,20,23H,3,8-9,11-12H2,1-2H3. The molecule has 1 fully saturated rings. The van der Waals surface area contributed by atoms with Crippen LogP contribution in [0.2, 0.25) is 0 Å². The Kier molecular flexibility index (Phi) is 6.17. The molecule has 0 saturated carbocycles. The molecule has 1 aromatic heterocycles. The maximum atomic E-state index is 12.1. The van der Waals surface area contributed by atoms with E-state index in [1.807, 2.05) is 4.68 Å². The molecule has 2 N–H and O–H groups in total. The van der Waals surface area contributed by atoms with Crippen molar-refractivity contribution in [2.24, 2.45) is 0 Å². The number of nitrogens with zero attached hydrogens (tertiary/aromatic N) is 2. The van der Waals surface area contributed by atoms with Gasteiger partial charge in [-0.15, -0.1) is 0 Å². The van der Waals surface area contributed by atoms with E-state index in [2.05, 4.69) is 10.4 Å². The van der Waals surface area contributed by atoms with E-state index in [4.69, 9.17) is 4.74 Å². The van der Waals surface area contributed by atoms with Crippen molar-refractivity contribution >= 4 is 15.8 Å². The molecule has 1 aromatic carbocycles. The largest absolute Gasteiger partial charge is 0.465 e. The van der Waals surface area contributed by atoms with Crippen molar-refractivity contribution in [2.75, 3.05) is 19.4 Å². The van der Waals surface area contributed by atoms with Gasteiger partial charge in [-0.05, 0) is 50.1 Å². The third-order valence-electron chi connectivity index (χ3n) is 4.82. The van der Waals surface area contributed by atoms with Crippen LogP contribution in [0.1, 0.15) is 31.5 Å². The van der Waals surface area contributed by atoms with E-state index in [-0.39, 0.29) is 23.5 Å². The molecule has 1 aliphatic rings. The Balaban J connectivity index is 1.92. The highest BCUT2D eigenvalue weighted by molar-refractivity contribution is 7.90. The van der Waals surface area contributed by atoms with E-state index in [1.165, 1.54) is 6.26 Å². The number of hydrogen-bond acceptors (Lipinski definition) is 7. The van der Waals surface area contributed by atoms with Gasteiger partial charge in [0.2, 0.25) is 0 Å². The summed E-state index contributed by atoms with van der Waals surface area (Å²) in [7, 11) is -3.28. The molecule has 0 aliphatic carbocycles. The van der Waals surface area contributed by atoms with E-state index >= 15 is 0 Å². The van der Waals surface area contributed by atoms with E-state index in [0.717, 1.165) is 17.7 Å². The Morgan fingerprint density at radius 3 is 2.68 bits per heavy atom. The van der Waals surface area contributed by atoms with Crippen LogP contribution in [0.25, 0.3) is 11.3 Å². The number of carbonyl (C=O) groups excluding carboxylic acids is 1. The summed E-state index contributed by atoms with van der Waals surface area (Å²) in [4.78, 5) is 12.4. The number of esters is 1. The Bertz CT molecular complexity index is 937. The zero-order chi connectivity index (χ0) is 20.3. The number of piperidine rings is 1. The maximum absolute atomic E-state index is 12.1. The summed E-state index contributed by atoms with van der Waals surface area (Å²) in [6.07, 6.45) is 2.47. The first-order chi connectivity index (χ1) is 13.3. The molecule has 2 aromatic rings. The molecule has 9 heteroatoms. The molecule has 152 valence electrons. The van der Waals surface area contributed by atoms with Crippen LogP contribution in [0.15, 0.2) is 35.2 Å². The van der Waals surface area contributed by atoms with Crippen molar-refractivity contribution in [1.82, 2.24) is 15.1 Å². The summed E-state index contributed by atoms with van der Waals surface area (Å²) >= 11 is 0. The molecule has 0 amide bonds. The topological polar surface area (TPSA) is 111 Å². The molecule has 3 rings (SSSR count). The molecular weight excluding hydrogens is 382 g/mol. The summed E-state index contributed by atoms with van der Waals surface area (Å²) in [5.74, 6) is -0.277. The molecule has 28 heavy (non-hydrogen) atoms. The average Bonchev–Trinajstić information content (AvgIpc) is 3.12. The molecule has 0 radical (unpaired) electrons. The third kappa shape index (κ3) is 4.43. The highest BCUT2D eigenvalue weighted by atomic mass is 32.2. The van der Waals surface area contributed by atoms with E-state index in [1.54, 1.807) is 37.3 Å². The van der Waals surface area contributed by atoms with Gasteiger partial charge < -0.3 is 15.2 Å². The minimum Gasteiger partial charge on any atom is -0.465 e. The number of carbonyl (C=O) groups is 1. The Labute approximate surface area is 164 Å². The second-order valence-corrected chi connectivity index (χ2v) is 8.87. The average molecular weight is 407 g/mol. The van der Waals surface area contributed by atoms with E-state index < -0.39 is 15.9 Å². The smallest absolute Gasteiger partial charge is 0.323 e. The van der Waals surface area contributed by atoms with Crippen LogP contribution >= 0.6 is 0 Å². The molecule has 0 spiro atoms. The summed E-state index contributed by atoms with van der Waals surface area (Å²) in [5.41, 5.74) is 2.10. The lowest BCUT2D eigenvalue weighted by molar-refractivity contribution is -0.146. The normalized spacial score (nSPS) is 20.1. The predicted molar refractivity (Wildman–Crippen MR) is 103 cm³/mol. The van der Waals surface area contributed by atoms with Crippen LogP contribution in [-0.4, -0.2) is 54.7 Å². The molecule has 0 bridgehead atoms. The van der Waals surface area contributed by atoms with Crippen LogP contribution in [0.5, 0.6) is 0 Å². The SMILES string of the molecule is CCOC(=O)C1CC(n2nc(CO)cc2-c2ccc(S(C)(=O)=O)cc2)CCN1. The van der Waals surface area contributed by atoms with Crippen molar-refractivity contribution in [3.63, 3.8) is 0 Å². The molecule has 1 aliphatic heterocycles. The predicted octanol–water partition coefficient (Wildman–Crippen LogP) is 1.30. The van der Waals surface area contributed by atoms with Crippen molar-refractivity contribution in [2.45, 2.75) is 43.4 Å². The molecule has 8 nitrogen and oxygen atoms in total. The van der Waals surface area contributed by atoms with Crippen LogP contribution in [0, 0.1) is 0 Å². The van der Waals surface area contributed by atoms with Gasteiger partial charge in [-0.1, -0.05) is 12.1 Å². The van der Waals surface area contributed by atoms with Gasteiger partial charge in [-0.2, -0.15) is 5.10 Å². The minimum atomic E-state index is -3.28. The van der Waals surface area contributed by atoms with Gasteiger partial charge in [-0.25, -0.2) is 8.42 Å². The summed E-state index contributed by atoms with van der Waals surface area (Å²) < 4.78 is 30.3. The lowest BCUT2D eigenvalue weighted by atomic mass is 9.99. The molecular formula is C19H25N3O5S. The Morgan fingerprint density at radius 1 is 1.36 bits per heavy atom. The van der Waals surface area contributed by atoms with Gasteiger partial charge in [0.1, 0.15) is 6.04 Å². The fourth-order valence-electron chi connectivity index (χ4n) is 3.43. The molecule has 1 saturated heterocycles. The molecule has 2 atom stereocenters. The lowest BCUT2D eigenvalue weighted by Crippen LogP contribution is -2.45. The number of benzene rings is 1. The zero-order valence-electron chi connectivity index (χ0n) is 16.0. The second kappa shape index (κ2) is 8.42. The zero-order valence-corrected chi connectivity index (χ0v) is 16.8. The number of nitrogens with one attached hydrogen (secondary N) is 1. The number of aliphatic hydroxyl groups excluding tert-OH is 1. The quantitative estimate of drug-likeness (QED) is 0.695. The number of aromatic nitrogens is 2. The van der Waals surface area contributed by atoms with Gasteiger partial charge in [-0.3, -0.25) is 9.48 Å². The van der Waals surface area contributed by atoms with Crippen molar-refractivity contribution in [1.29, 1.82) is 0 Å². The first kappa shape index (κ1) is 20.5. The van der Waals surface area contributed by atoms with Gasteiger partial charge in [0.25, 0.3) is 0 Å². The van der Waals surface area contributed by atoms with Crippen molar-refractivity contribution in [3.05, 3.63) is 36.0 Å². The Hall–Kier alpha value is -2.23. The van der Waals surface area contributed by atoms with Gasteiger partial charge >= 0.3 is 5.97 Å². The van der Waals surface area contributed by atoms with Crippen LogP contribution < -0.4 is 5.32 Å². The van der Waals surface area contributed by atoms with E-state index in [0.29, 0.717) is 25.3 Å². The van der Waals surface area contributed by atoms with Crippen LogP contribution in [0.3, 0.4) is 0 Å². The summed E-state index contributed by atoms with van der Waals surface area (Å²) in [5, 5.41) is 17.2. The van der Waals surface area contributed by atoms with Gasteiger partial charge in [0, 0.05) is 6.26 Å². The van der Waals surface area contributed by atoms with Crippen LogP contribution in [0.4, 0.5) is 0 Å². The fraction of sp³-hybridized carbons (Fsp3) is 0.474. The monoisotopic (exact) mass is 407 g/mol. The van der Waals surface area contributed by atoms with Crippen molar-refractivity contribution < 1.29 is 23.1 Å². The second-order valence-electron chi connectivity index (χ2n) is 6.86. The number of rotatable bonds is 6. The number of aliphatic hydroxyl groups is 1. The van der Waals surface area contributed by atoms with Gasteiger partial charge in [0.15, 0.2) is 9.84 Å².